The minimum absolute atomic E-state index is 0.0787. The molecule has 0 amide bonds. The number of piperidine rings is 1. The molecule has 1 spiro atoms. The second-order valence-electron chi connectivity index (χ2n) is 9.11. The van der Waals surface area contributed by atoms with Crippen LogP contribution >= 0.6 is 11.3 Å². The number of nitrogens with zero attached hydrogens (tertiary/aromatic N) is 1. The molecule has 1 aromatic heterocycles. The molecule has 3 heterocycles. The third-order valence-corrected chi connectivity index (χ3v) is 9.72. The van der Waals surface area contributed by atoms with Gasteiger partial charge >= 0.3 is 0 Å². The Kier molecular flexibility index (Phi) is 6.57. The molecule has 0 unspecified atom stereocenters. The summed E-state index contributed by atoms with van der Waals surface area (Å²) >= 11 is 1.52. The fraction of sp³-hybridized carbons (Fsp3) is 0.810. The Morgan fingerprint density at radius 3 is 2.83 bits per heavy atom. The first-order valence-corrected chi connectivity index (χ1v) is 13.4. The lowest BCUT2D eigenvalue weighted by Gasteiger charge is -2.49. The third kappa shape index (κ3) is 4.75. The fourth-order valence-electron chi connectivity index (χ4n) is 5.24. The van der Waals surface area contributed by atoms with Crippen molar-refractivity contribution in [3.05, 3.63) is 21.4 Å². The molecule has 1 saturated heterocycles. The van der Waals surface area contributed by atoms with E-state index in [9.17, 15) is 17.2 Å². The Labute approximate surface area is 182 Å². The number of hydrogen-bond donors (Lipinski definition) is 1. The summed E-state index contributed by atoms with van der Waals surface area (Å²) in [6.07, 6.45) is 1.90. The molecule has 0 bridgehead atoms. The lowest BCUT2D eigenvalue weighted by atomic mass is 9.78. The molecule has 1 N–H and O–H groups in total. The number of rotatable bonds is 7. The highest BCUT2D eigenvalue weighted by Gasteiger charge is 2.45. The summed E-state index contributed by atoms with van der Waals surface area (Å²) in [5.41, 5.74) is 0.876. The molecule has 3 aliphatic rings. The Hall–Kier alpha value is -0.610. The number of hydrogen-bond acceptors (Lipinski definition) is 5. The molecular weight excluding hydrogens is 430 g/mol. The molecule has 1 aromatic rings. The zero-order valence-electron chi connectivity index (χ0n) is 17.7. The average Bonchev–Trinajstić information content (AvgIpc) is 3.05. The van der Waals surface area contributed by atoms with Crippen molar-refractivity contribution in [3.8, 4) is 0 Å². The number of thiophene rings is 1. The van der Waals surface area contributed by atoms with Crippen LogP contribution in [0.25, 0.3) is 0 Å². The van der Waals surface area contributed by atoms with Gasteiger partial charge in [0, 0.05) is 41.3 Å². The summed E-state index contributed by atoms with van der Waals surface area (Å²) in [6.45, 7) is 6.45. The van der Waals surface area contributed by atoms with Crippen molar-refractivity contribution >= 4 is 21.4 Å². The lowest BCUT2D eigenvalue weighted by Crippen LogP contribution is -2.54. The molecule has 2 aliphatic heterocycles. The Bertz CT molecular complexity index is 854. The zero-order chi connectivity index (χ0) is 21.5. The highest BCUT2D eigenvalue weighted by atomic mass is 32.2. The van der Waals surface area contributed by atoms with Crippen LogP contribution in [0.3, 0.4) is 0 Å². The molecule has 2 fully saturated rings. The molecule has 0 radical (unpaired) electrons. The molecule has 1 saturated carbocycles. The van der Waals surface area contributed by atoms with Crippen molar-refractivity contribution in [1.82, 2.24) is 9.62 Å². The van der Waals surface area contributed by atoms with Gasteiger partial charge < -0.3 is 9.64 Å². The van der Waals surface area contributed by atoms with Crippen molar-refractivity contribution in [2.24, 2.45) is 5.92 Å². The number of ether oxygens (including phenoxy) is 1. The maximum absolute atomic E-state index is 12.9. The topological polar surface area (TPSA) is 58.6 Å². The minimum atomic E-state index is -3.13. The van der Waals surface area contributed by atoms with Gasteiger partial charge in [0.05, 0.1) is 12.4 Å². The average molecular weight is 463 g/mol. The van der Waals surface area contributed by atoms with Crippen LogP contribution in [0.15, 0.2) is 6.07 Å². The molecule has 5 nitrogen and oxygen atoms in total. The van der Waals surface area contributed by atoms with Gasteiger partial charge in [-0.05, 0) is 63.5 Å². The SMILES string of the molecule is CCS(=O)(=O)N[C@H]1C[C@@H](CN2CC[C@]3(C[C@@H]2C)OCCc2cc(CC(F)F)sc23)C1. The van der Waals surface area contributed by atoms with Crippen LogP contribution < -0.4 is 4.72 Å². The number of fused-ring (bicyclic) bond motifs is 2. The van der Waals surface area contributed by atoms with E-state index in [1.807, 2.05) is 6.07 Å². The minimum Gasteiger partial charge on any atom is -0.369 e. The van der Waals surface area contributed by atoms with E-state index in [1.54, 1.807) is 6.92 Å². The van der Waals surface area contributed by atoms with Gasteiger partial charge in [-0.3, -0.25) is 0 Å². The molecule has 30 heavy (non-hydrogen) atoms. The number of likely N-dealkylation sites (tertiary alicyclic amines) is 1. The zero-order valence-corrected chi connectivity index (χ0v) is 19.3. The van der Waals surface area contributed by atoms with E-state index in [2.05, 4.69) is 16.5 Å². The van der Waals surface area contributed by atoms with Gasteiger partial charge in [0.25, 0.3) is 0 Å². The molecule has 0 aromatic carbocycles. The van der Waals surface area contributed by atoms with E-state index < -0.39 is 16.4 Å². The summed E-state index contributed by atoms with van der Waals surface area (Å²) in [7, 11) is -3.13. The smallest absolute Gasteiger partial charge is 0.243 e. The van der Waals surface area contributed by atoms with E-state index >= 15 is 0 Å². The number of halogens is 2. The first-order valence-electron chi connectivity index (χ1n) is 11.0. The van der Waals surface area contributed by atoms with E-state index in [0.29, 0.717) is 18.6 Å². The van der Waals surface area contributed by atoms with Crippen LogP contribution in [0.4, 0.5) is 8.78 Å². The van der Waals surface area contributed by atoms with Crippen LogP contribution in [0.5, 0.6) is 0 Å². The fourth-order valence-corrected chi connectivity index (χ4v) is 7.51. The predicted octanol–water partition coefficient (Wildman–Crippen LogP) is 3.53. The molecule has 2 atom stereocenters. The summed E-state index contributed by atoms with van der Waals surface area (Å²) in [5.74, 6) is 0.650. The van der Waals surface area contributed by atoms with Crippen molar-refractivity contribution in [1.29, 1.82) is 0 Å². The van der Waals surface area contributed by atoms with Crippen molar-refractivity contribution in [3.63, 3.8) is 0 Å². The van der Waals surface area contributed by atoms with Crippen LogP contribution in [0.2, 0.25) is 0 Å². The van der Waals surface area contributed by atoms with Gasteiger partial charge in [0.15, 0.2) is 0 Å². The Morgan fingerprint density at radius 1 is 1.40 bits per heavy atom. The molecule has 4 rings (SSSR count). The van der Waals surface area contributed by atoms with Crippen molar-refractivity contribution in [2.75, 3.05) is 25.4 Å². The number of sulfonamides is 1. The van der Waals surface area contributed by atoms with E-state index in [1.165, 1.54) is 21.8 Å². The first kappa shape index (κ1) is 22.6. The molecule has 1 aliphatic carbocycles. The van der Waals surface area contributed by atoms with Crippen LogP contribution in [-0.4, -0.2) is 57.3 Å². The predicted molar refractivity (Wildman–Crippen MR) is 115 cm³/mol. The van der Waals surface area contributed by atoms with Gasteiger partial charge in [-0.1, -0.05) is 0 Å². The monoisotopic (exact) mass is 462 g/mol. The standard InChI is InChI=1S/C21H32F2N2O3S2/c1-3-30(26,27)24-17-8-15(9-17)13-25-6-5-21(12-14(25)2)20-16(4-7-28-21)10-18(29-20)11-19(22)23/h10,14-15,17,19,24H,3-9,11-13H2,1-2H3/t14-,15-,17+,21+/m0/s1. The van der Waals surface area contributed by atoms with Gasteiger partial charge in [0.2, 0.25) is 16.4 Å². The molecule has 9 heteroatoms. The van der Waals surface area contributed by atoms with E-state index in [0.717, 1.165) is 50.1 Å². The third-order valence-electron chi connectivity index (χ3n) is 6.89. The van der Waals surface area contributed by atoms with Gasteiger partial charge in [-0.15, -0.1) is 11.3 Å². The van der Waals surface area contributed by atoms with Gasteiger partial charge in [-0.25, -0.2) is 21.9 Å². The van der Waals surface area contributed by atoms with Crippen LogP contribution in [-0.2, 0) is 33.2 Å². The van der Waals surface area contributed by atoms with Crippen LogP contribution in [0.1, 0.15) is 54.8 Å². The lowest BCUT2D eigenvalue weighted by molar-refractivity contribution is -0.112. The van der Waals surface area contributed by atoms with Crippen molar-refractivity contribution < 1.29 is 21.9 Å². The van der Waals surface area contributed by atoms with Crippen molar-refractivity contribution in [2.45, 2.75) is 76.5 Å². The van der Waals surface area contributed by atoms with Gasteiger partial charge in [0.1, 0.15) is 5.60 Å². The van der Waals surface area contributed by atoms with Crippen LogP contribution in [0, 0.1) is 5.92 Å². The van der Waals surface area contributed by atoms with E-state index in [-0.39, 0.29) is 23.8 Å². The molecular formula is C21H32F2N2O3S2. The molecule has 170 valence electrons. The summed E-state index contributed by atoms with van der Waals surface area (Å²) in [4.78, 5) is 4.43. The second kappa shape index (κ2) is 8.73. The normalized spacial score (nSPS) is 32.4. The van der Waals surface area contributed by atoms with Gasteiger partial charge in [-0.2, -0.15) is 0 Å². The largest absolute Gasteiger partial charge is 0.369 e. The first-order chi connectivity index (χ1) is 14.2. The summed E-state index contributed by atoms with van der Waals surface area (Å²) in [5, 5.41) is 0. The Morgan fingerprint density at radius 2 is 2.17 bits per heavy atom. The summed E-state index contributed by atoms with van der Waals surface area (Å²) in [6, 6.07) is 2.39. The highest BCUT2D eigenvalue weighted by Crippen LogP contribution is 2.47. The second-order valence-corrected chi connectivity index (χ2v) is 12.3. The highest BCUT2D eigenvalue weighted by molar-refractivity contribution is 7.89. The Balaban J connectivity index is 1.35. The number of alkyl halides is 2. The maximum atomic E-state index is 12.9. The maximum Gasteiger partial charge on any atom is 0.243 e. The van der Waals surface area contributed by atoms with E-state index in [4.69, 9.17) is 4.74 Å². The summed E-state index contributed by atoms with van der Waals surface area (Å²) < 4.78 is 58.2. The quantitative estimate of drug-likeness (QED) is 0.674. The number of nitrogens with one attached hydrogen (secondary N) is 1.